The summed E-state index contributed by atoms with van der Waals surface area (Å²) in [4.78, 5) is 12.5. The number of piperazine rings is 1. The van der Waals surface area contributed by atoms with Crippen LogP contribution >= 0.6 is 0 Å². The summed E-state index contributed by atoms with van der Waals surface area (Å²) in [5.74, 6) is -0.134. The molecule has 230 valence electrons. The second kappa shape index (κ2) is 22.7. The molecule has 1 heterocycles. The predicted octanol–water partition coefficient (Wildman–Crippen LogP) is 9.92. The molecule has 3 aromatic rings. The Morgan fingerprint density at radius 2 is 1.29 bits per heavy atom. The van der Waals surface area contributed by atoms with Gasteiger partial charge in [0.05, 0.1) is 5.69 Å². The van der Waals surface area contributed by atoms with Crippen LogP contribution in [0.25, 0.3) is 5.70 Å². The van der Waals surface area contributed by atoms with Crippen LogP contribution in [0.2, 0.25) is 0 Å². The van der Waals surface area contributed by atoms with Gasteiger partial charge in [0.1, 0.15) is 12.6 Å². The molecule has 4 rings (SSSR count). The standard InChI is InChI=1S/C29H33FN2.2C2H6.2C2H4.CH2O/c1-22-14-15-28(27(30)20-22)32-18-16-31(17-19-32)23(2)25-12-8-9-13-26(25)29(3,4)21-24-10-6-5-7-11-24;5*1-2/h5-15,20H,2,16-19,21H2,1,3-4H3;2*1-2H3;2*1-2H2;1H2. The van der Waals surface area contributed by atoms with Gasteiger partial charge in [-0.1, -0.05) is 109 Å². The van der Waals surface area contributed by atoms with Crippen LogP contribution in [0.15, 0.2) is 106 Å². The summed E-state index contributed by atoms with van der Waals surface area (Å²) < 4.78 is 14.4. The third-order valence-corrected chi connectivity index (χ3v) is 6.56. The van der Waals surface area contributed by atoms with Crippen LogP contribution in [0.3, 0.4) is 0 Å². The summed E-state index contributed by atoms with van der Waals surface area (Å²) >= 11 is 0. The zero-order chi connectivity index (χ0) is 32.7. The highest BCUT2D eigenvalue weighted by Gasteiger charge is 2.27. The maximum Gasteiger partial charge on any atom is 0.146 e. The van der Waals surface area contributed by atoms with Crippen LogP contribution in [0.4, 0.5) is 10.1 Å². The fourth-order valence-electron chi connectivity index (χ4n) is 4.78. The Hall–Kier alpha value is -3.92. The van der Waals surface area contributed by atoms with Crippen molar-refractivity contribution in [1.82, 2.24) is 4.90 Å². The quantitative estimate of drug-likeness (QED) is 0.274. The van der Waals surface area contributed by atoms with Crippen molar-refractivity contribution < 1.29 is 9.18 Å². The largest absolute Gasteiger partial charge is 0.368 e. The van der Waals surface area contributed by atoms with Crippen LogP contribution in [-0.2, 0) is 16.6 Å². The first-order valence-electron chi connectivity index (χ1n) is 14.7. The highest BCUT2D eigenvalue weighted by molar-refractivity contribution is 5.67. The van der Waals surface area contributed by atoms with Crippen molar-refractivity contribution in [2.45, 2.75) is 60.3 Å². The Morgan fingerprint density at radius 1 is 0.786 bits per heavy atom. The van der Waals surface area contributed by atoms with Gasteiger partial charge in [0.2, 0.25) is 0 Å². The number of carbonyl (C=O) groups excluding carboxylic acids is 1. The van der Waals surface area contributed by atoms with E-state index in [1.165, 1.54) is 16.7 Å². The van der Waals surface area contributed by atoms with Gasteiger partial charge < -0.3 is 14.6 Å². The van der Waals surface area contributed by atoms with Gasteiger partial charge in [-0.15, -0.1) is 26.3 Å². The molecule has 1 aliphatic rings. The van der Waals surface area contributed by atoms with E-state index in [9.17, 15) is 4.39 Å². The van der Waals surface area contributed by atoms with E-state index >= 15 is 0 Å². The fraction of sp³-hybridized carbons (Fsp3) is 0.342. The number of carbonyl (C=O) groups is 1. The Kier molecular flexibility index (Phi) is 21.8. The lowest BCUT2D eigenvalue weighted by Crippen LogP contribution is -2.45. The lowest BCUT2D eigenvalue weighted by atomic mass is 9.76. The van der Waals surface area contributed by atoms with Crippen LogP contribution in [-0.4, -0.2) is 37.9 Å². The minimum atomic E-state index is -0.134. The normalized spacial score (nSPS) is 11.6. The molecular formula is C38H55FN2O. The molecule has 1 fully saturated rings. The molecule has 0 radical (unpaired) electrons. The number of hydrogen-bond donors (Lipinski definition) is 0. The summed E-state index contributed by atoms with van der Waals surface area (Å²) in [5, 5.41) is 0. The maximum atomic E-state index is 14.4. The van der Waals surface area contributed by atoms with Gasteiger partial charge in [0, 0.05) is 37.4 Å². The van der Waals surface area contributed by atoms with E-state index in [4.69, 9.17) is 4.79 Å². The van der Waals surface area contributed by atoms with Gasteiger partial charge >= 0.3 is 0 Å². The van der Waals surface area contributed by atoms with Gasteiger partial charge in [0.15, 0.2) is 0 Å². The van der Waals surface area contributed by atoms with Crippen molar-refractivity contribution in [3.63, 3.8) is 0 Å². The molecule has 0 aliphatic carbocycles. The van der Waals surface area contributed by atoms with Gasteiger partial charge in [-0.2, -0.15) is 0 Å². The molecule has 0 bridgehead atoms. The van der Waals surface area contributed by atoms with Crippen LogP contribution in [0, 0.1) is 12.7 Å². The first-order valence-corrected chi connectivity index (χ1v) is 14.7. The Labute approximate surface area is 257 Å². The van der Waals surface area contributed by atoms with E-state index in [0.717, 1.165) is 43.9 Å². The van der Waals surface area contributed by atoms with E-state index < -0.39 is 0 Å². The second-order valence-corrected chi connectivity index (χ2v) is 9.47. The predicted molar refractivity (Wildman–Crippen MR) is 186 cm³/mol. The Balaban J connectivity index is 0. The van der Waals surface area contributed by atoms with E-state index in [1.807, 2.05) is 53.5 Å². The van der Waals surface area contributed by atoms with Crippen LogP contribution in [0.1, 0.15) is 63.8 Å². The number of nitrogens with zero attached hydrogens (tertiary/aromatic N) is 2. The maximum absolute atomic E-state index is 14.4. The summed E-state index contributed by atoms with van der Waals surface area (Å²) in [7, 11) is 0. The average molecular weight is 575 g/mol. The molecule has 0 unspecified atom stereocenters. The highest BCUT2D eigenvalue weighted by Crippen LogP contribution is 2.34. The molecular weight excluding hydrogens is 519 g/mol. The lowest BCUT2D eigenvalue weighted by Gasteiger charge is -2.39. The summed E-state index contributed by atoms with van der Waals surface area (Å²) in [6.07, 6.45) is 0.971. The van der Waals surface area contributed by atoms with Crippen molar-refractivity contribution in [1.29, 1.82) is 0 Å². The lowest BCUT2D eigenvalue weighted by molar-refractivity contribution is -0.0980. The molecule has 4 heteroatoms. The molecule has 0 N–H and O–H groups in total. The van der Waals surface area contributed by atoms with Gasteiger partial charge in [-0.25, -0.2) is 4.39 Å². The molecule has 0 atom stereocenters. The first kappa shape index (κ1) is 40.2. The monoisotopic (exact) mass is 574 g/mol. The van der Waals surface area contributed by atoms with E-state index in [1.54, 1.807) is 6.07 Å². The molecule has 0 saturated carbocycles. The molecule has 0 spiro atoms. The number of hydrogen-bond acceptors (Lipinski definition) is 3. The van der Waals surface area contributed by atoms with E-state index in [-0.39, 0.29) is 11.2 Å². The molecule has 0 aromatic heterocycles. The zero-order valence-electron chi connectivity index (χ0n) is 27.4. The molecule has 3 aromatic carbocycles. The van der Waals surface area contributed by atoms with Crippen molar-refractivity contribution in [2.75, 3.05) is 31.1 Å². The van der Waals surface area contributed by atoms with Gasteiger partial charge in [-0.05, 0) is 47.6 Å². The summed E-state index contributed by atoms with van der Waals surface area (Å²) in [6.45, 7) is 36.3. The number of aryl methyl sites for hydroxylation is 1. The van der Waals surface area contributed by atoms with E-state index in [2.05, 4.69) is 111 Å². The minimum Gasteiger partial charge on any atom is -0.368 e. The number of rotatable bonds is 6. The molecule has 42 heavy (non-hydrogen) atoms. The highest BCUT2D eigenvalue weighted by atomic mass is 19.1. The van der Waals surface area contributed by atoms with Crippen molar-refractivity contribution >= 4 is 18.2 Å². The van der Waals surface area contributed by atoms with Crippen molar-refractivity contribution in [2.24, 2.45) is 0 Å². The van der Waals surface area contributed by atoms with Crippen LogP contribution in [0.5, 0.6) is 0 Å². The topological polar surface area (TPSA) is 23.6 Å². The number of anilines is 1. The smallest absolute Gasteiger partial charge is 0.146 e. The first-order chi connectivity index (χ1) is 20.3. The third kappa shape index (κ3) is 11.9. The van der Waals surface area contributed by atoms with Gasteiger partial charge in [0.25, 0.3) is 0 Å². The second-order valence-electron chi connectivity index (χ2n) is 9.47. The number of benzene rings is 3. The zero-order valence-corrected chi connectivity index (χ0v) is 27.4. The molecule has 0 amide bonds. The van der Waals surface area contributed by atoms with E-state index in [0.29, 0.717) is 5.69 Å². The Morgan fingerprint density at radius 3 is 1.81 bits per heavy atom. The number of halogens is 1. The molecule has 3 nitrogen and oxygen atoms in total. The molecule has 1 saturated heterocycles. The van der Waals surface area contributed by atoms with Crippen LogP contribution < -0.4 is 4.90 Å². The molecule has 1 aliphatic heterocycles. The van der Waals surface area contributed by atoms with Crippen molar-refractivity contribution in [3.05, 3.63) is 134 Å². The van der Waals surface area contributed by atoms with Gasteiger partial charge in [-0.3, -0.25) is 0 Å². The fourth-order valence-corrected chi connectivity index (χ4v) is 4.78. The summed E-state index contributed by atoms with van der Waals surface area (Å²) in [5.41, 5.74) is 6.56. The Bertz CT molecular complexity index is 1130. The third-order valence-electron chi connectivity index (χ3n) is 6.56. The SMILES string of the molecule is C=C.C=C.C=C(c1ccccc1C(C)(C)Cc1ccccc1)N1CCN(c2ccc(C)cc2F)CC1.C=O.CC.CC. The van der Waals surface area contributed by atoms with Crippen molar-refractivity contribution in [3.8, 4) is 0 Å². The minimum absolute atomic E-state index is 0.0201. The average Bonchev–Trinajstić information content (AvgIpc) is 3.06. The summed E-state index contributed by atoms with van der Waals surface area (Å²) in [6, 6.07) is 24.8.